The maximum Gasteiger partial charge on any atom is 0.416 e. The molecule has 1 aromatic carbocycles. The van der Waals surface area contributed by atoms with Crippen molar-refractivity contribution in [1.82, 2.24) is 16.0 Å². The first-order valence-electron chi connectivity index (χ1n) is 9.46. The topological polar surface area (TPSA) is 65.5 Å². The van der Waals surface area contributed by atoms with Gasteiger partial charge in [-0.05, 0) is 52.2 Å². The third-order valence-electron chi connectivity index (χ3n) is 4.49. The largest absolute Gasteiger partial charge is 0.416 e. The number of amides is 1. The van der Waals surface area contributed by atoms with E-state index >= 15 is 0 Å². The summed E-state index contributed by atoms with van der Waals surface area (Å²) in [6.07, 6.45) is -2.73. The Morgan fingerprint density at radius 3 is 2.34 bits per heavy atom. The predicted molar refractivity (Wildman–Crippen MR) is 120 cm³/mol. The SMILES string of the molecule is CCNC(=NCC(=O)NC(C)(C)C)NCC1(c2cccc(C(F)(F)F)c2)CC1.I. The average Bonchev–Trinajstić information content (AvgIpc) is 3.36. The number of aliphatic imine (C=N–C) groups is 1. The molecule has 1 aliphatic rings. The van der Waals surface area contributed by atoms with Crippen LogP contribution >= 0.6 is 24.0 Å². The summed E-state index contributed by atoms with van der Waals surface area (Å²) in [6.45, 7) is 8.64. The van der Waals surface area contributed by atoms with Crippen molar-refractivity contribution in [3.05, 3.63) is 35.4 Å². The Labute approximate surface area is 187 Å². The van der Waals surface area contributed by atoms with Crippen molar-refractivity contribution in [3.8, 4) is 0 Å². The molecule has 3 N–H and O–H groups in total. The van der Waals surface area contributed by atoms with Gasteiger partial charge in [-0.25, -0.2) is 4.99 Å². The lowest BCUT2D eigenvalue weighted by Crippen LogP contribution is -2.44. The summed E-state index contributed by atoms with van der Waals surface area (Å²) in [5.74, 6) is 0.286. The van der Waals surface area contributed by atoms with Gasteiger partial charge >= 0.3 is 6.18 Å². The fourth-order valence-electron chi connectivity index (χ4n) is 2.95. The second-order valence-electron chi connectivity index (χ2n) is 8.21. The van der Waals surface area contributed by atoms with E-state index < -0.39 is 11.7 Å². The van der Waals surface area contributed by atoms with Gasteiger partial charge in [-0.3, -0.25) is 4.79 Å². The zero-order valence-corrected chi connectivity index (χ0v) is 19.6. The Hall–Kier alpha value is -1.52. The van der Waals surface area contributed by atoms with E-state index in [9.17, 15) is 18.0 Å². The molecule has 0 saturated heterocycles. The number of alkyl halides is 3. The molecule has 0 bridgehead atoms. The van der Waals surface area contributed by atoms with E-state index in [1.165, 1.54) is 12.1 Å². The summed E-state index contributed by atoms with van der Waals surface area (Å²) in [7, 11) is 0. The lowest BCUT2D eigenvalue weighted by molar-refractivity contribution is -0.137. The summed E-state index contributed by atoms with van der Waals surface area (Å²) < 4.78 is 39.0. The molecule has 1 fully saturated rings. The fraction of sp³-hybridized carbons (Fsp3) is 0.600. The Morgan fingerprint density at radius 2 is 1.83 bits per heavy atom. The van der Waals surface area contributed by atoms with Crippen molar-refractivity contribution in [3.63, 3.8) is 0 Å². The van der Waals surface area contributed by atoms with Gasteiger partial charge < -0.3 is 16.0 Å². The van der Waals surface area contributed by atoms with Crippen molar-refractivity contribution < 1.29 is 18.0 Å². The number of hydrogen-bond donors (Lipinski definition) is 3. The molecule has 0 unspecified atom stereocenters. The van der Waals surface area contributed by atoms with E-state index in [-0.39, 0.29) is 47.4 Å². The number of halogens is 4. The van der Waals surface area contributed by atoms with Gasteiger partial charge in [0.15, 0.2) is 5.96 Å². The summed E-state index contributed by atoms with van der Waals surface area (Å²) in [4.78, 5) is 16.2. The molecule has 0 aliphatic heterocycles. The molecule has 0 heterocycles. The third kappa shape index (κ3) is 8.02. The number of rotatable bonds is 6. The van der Waals surface area contributed by atoms with Crippen LogP contribution in [0.2, 0.25) is 0 Å². The molecule has 164 valence electrons. The summed E-state index contributed by atoms with van der Waals surface area (Å²) in [5.41, 5.74) is -0.614. The lowest BCUT2D eigenvalue weighted by Gasteiger charge is -2.21. The molecule has 1 amide bonds. The Morgan fingerprint density at radius 1 is 1.17 bits per heavy atom. The lowest BCUT2D eigenvalue weighted by atomic mass is 9.94. The highest BCUT2D eigenvalue weighted by atomic mass is 127. The first-order valence-corrected chi connectivity index (χ1v) is 9.46. The van der Waals surface area contributed by atoms with Gasteiger partial charge in [-0.1, -0.05) is 18.2 Å². The second-order valence-corrected chi connectivity index (χ2v) is 8.21. The second kappa shape index (κ2) is 9.99. The van der Waals surface area contributed by atoms with E-state index in [0.717, 1.165) is 18.9 Å². The van der Waals surface area contributed by atoms with Crippen LogP contribution < -0.4 is 16.0 Å². The molecule has 1 aromatic rings. The van der Waals surface area contributed by atoms with Crippen LogP contribution in [0.15, 0.2) is 29.3 Å². The standard InChI is InChI=1S/C20H29F3N4O.HI/c1-5-24-17(25-12-16(28)27-18(2,3)4)26-13-19(9-10-19)14-7-6-8-15(11-14)20(21,22)23;/h6-8,11H,5,9-10,12-13H2,1-4H3,(H,27,28)(H2,24,25,26);1H. The van der Waals surface area contributed by atoms with Crippen molar-refractivity contribution in [1.29, 1.82) is 0 Å². The van der Waals surface area contributed by atoms with Gasteiger partial charge in [-0.15, -0.1) is 24.0 Å². The molecule has 5 nitrogen and oxygen atoms in total. The number of benzene rings is 1. The van der Waals surface area contributed by atoms with E-state index in [1.807, 2.05) is 27.7 Å². The summed E-state index contributed by atoms with van der Waals surface area (Å²) >= 11 is 0. The van der Waals surface area contributed by atoms with E-state index in [1.54, 1.807) is 6.07 Å². The first kappa shape index (κ1) is 25.5. The van der Waals surface area contributed by atoms with Crippen molar-refractivity contribution in [2.24, 2.45) is 4.99 Å². The van der Waals surface area contributed by atoms with Crippen LogP contribution in [-0.2, 0) is 16.4 Å². The van der Waals surface area contributed by atoms with Gasteiger partial charge in [-0.2, -0.15) is 13.2 Å². The number of guanidine groups is 1. The van der Waals surface area contributed by atoms with Crippen LogP contribution in [0.3, 0.4) is 0 Å². The monoisotopic (exact) mass is 526 g/mol. The van der Waals surface area contributed by atoms with Crippen molar-refractivity contribution in [2.75, 3.05) is 19.6 Å². The van der Waals surface area contributed by atoms with Gasteiger partial charge in [0.05, 0.1) is 5.56 Å². The minimum Gasteiger partial charge on any atom is -0.357 e. The van der Waals surface area contributed by atoms with Crippen molar-refractivity contribution >= 4 is 35.8 Å². The molecular formula is C20H30F3IN4O. The van der Waals surface area contributed by atoms with Crippen molar-refractivity contribution in [2.45, 2.75) is 57.7 Å². The number of nitrogens with one attached hydrogen (secondary N) is 3. The zero-order valence-electron chi connectivity index (χ0n) is 17.2. The third-order valence-corrected chi connectivity index (χ3v) is 4.49. The number of nitrogens with zero attached hydrogens (tertiary/aromatic N) is 1. The smallest absolute Gasteiger partial charge is 0.357 e. The zero-order chi connectivity index (χ0) is 21.0. The molecule has 1 aliphatic carbocycles. The van der Waals surface area contributed by atoms with Crippen LogP contribution in [0.25, 0.3) is 0 Å². The molecule has 0 atom stereocenters. The molecule has 1 saturated carbocycles. The Kier molecular flexibility index (Phi) is 8.79. The quantitative estimate of drug-likeness (QED) is 0.300. The number of hydrogen-bond acceptors (Lipinski definition) is 2. The molecule has 0 aromatic heterocycles. The molecule has 29 heavy (non-hydrogen) atoms. The van der Waals surface area contributed by atoms with Gasteiger partial charge in [0.1, 0.15) is 6.54 Å². The van der Waals surface area contributed by atoms with E-state index in [4.69, 9.17) is 0 Å². The number of carbonyl (C=O) groups is 1. The van der Waals surface area contributed by atoms with Crippen LogP contribution in [0.1, 0.15) is 51.7 Å². The molecule has 2 rings (SSSR count). The predicted octanol–water partition coefficient (Wildman–Crippen LogP) is 3.82. The molecule has 0 spiro atoms. The maximum atomic E-state index is 13.0. The Balaban J connectivity index is 0.00000420. The molecule has 0 radical (unpaired) electrons. The van der Waals surface area contributed by atoms with Crippen LogP contribution in [0.5, 0.6) is 0 Å². The average molecular weight is 526 g/mol. The maximum absolute atomic E-state index is 13.0. The van der Waals surface area contributed by atoms with Gasteiger partial charge in [0.2, 0.25) is 5.91 Å². The Bertz CT molecular complexity index is 725. The van der Waals surface area contributed by atoms with E-state index in [2.05, 4.69) is 20.9 Å². The highest BCUT2D eigenvalue weighted by Gasteiger charge is 2.45. The van der Waals surface area contributed by atoms with Crippen LogP contribution in [0, 0.1) is 0 Å². The van der Waals surface area contributed by atoms with Crippen LogP contribution in [0.4, 0.5) is 13.2 Å². The van der Waals surface area contributed by atoms with Gasteiger partial charge in [0, 0.05) is 24.0 Å². The van der Waals surface area contributed by atoms with E-state index in [0.29, 0.717) is 24.6 Å². The minimum atomic E-state index is -4.35. The molecular weight excluding hydrogens is 496 g/mol. The van der Waals surface area contributed by atoms with Gasteiger partial charge in [0.25, 0.3) is 0 Å². The fourth-order valence-corrected chi connectivity index (χ4v) is 2.95. The normalized spacial score (nSPS) is 15.9. The minimum absolute atomic E-state index is 0. The highest BCUT2D eigenvalue weighted by Crippen LogP contribution is 2.48. The van der Waals surface area contributed by atoms with Crippen LogP contribution in [-0.4, -0.2) is 37.0 Å². The summed E-state index contributed by atoms with van der Waals surface area (Å²) in [6, 6.07) is 5.51. The summed E-state index contributed by atoms with van der Waals surface area (Å²) in [5, 5.41) is 9.08. The number of carbonyl (C=O) groups excluding carboxylic acids is 1. The highest BCUT2D eigenvalue weighted by molar-refractivity contribution is 14.0. The molecule has 9 heteroatoms. The first-order chi connectivity index (χ1) is 13.0.